The van der Waals surface area contributed by atoms with Crippen LogP contribution in [0.2, 0.25) is 0 Å². The number of nitrogens with one attached hydrogen (secondary N) is 1. The van der Waals surface area contributed by atoms with Gasteiger partial charge in [0.25, 0.3) is 0 Å². The van der Waals surface area contributed by atoms with Gasteiger partial charge < -0.3 is 5.32 Å². The van der Waals surface area contributed by atoms with Gasteiger partial charge >= 0.3 is 0 Å². The van der Waals surface area contributed by atoms with Crippen molar-refractivity contribution in [2.24, 2.45) is 0 Å². The zero-order valence-corrected chi connectivity index (χ0v) is 10.8. The lowest BCUT2D eigenvalue weighted by Crippen LogP contribution is -1.99. The highest BCUT2D eigenvalue weighted by Crippen LogP contribution is 2.15. The highest BCUT2D eigenvalue weighted by molar-refractivity contribution is 9.10. The van der Waals surface area contributed by atoms with Gasteiger partial charge in [-0.3, -0.25) is 4.79 Å². The van der Waals surface area contributed by atoms with Crippen LogP contribution < -0.4 is 5.32 Å². The maximum atomic E-state index is 10.6. The Morgan fingerprint density at radius 2 is 1.88 bits per heavy atom. The molecule has 0 heterocycles. The fourth-order valence-corrected chi connectivity index (χ4v) is 1.81. The van der Waals surface area contributed by atoms with Gasteiger partial charge in [-0.15, -0.1) is 0 Å². The Morgan fingerprint density at radius 3 is 2.59 bits per heavy atom. The van der Waals surface area contributed by atoms with E-state index in [0.717, 1.165) is 22.0 Å². The van der Waals surface area contributed by atoms with E-state index in [1.54, 1.807) is 6.07 Å². The molecular formula is C14H12BrNO. The summed E-state index contributed by atoms with van der Waals surface area (Å²) in [6, 6.07) is 15.6. The number of carbonyl (C=O) groups is 1. The molecule has 2 aromatic rings. The van der Waals surface area contributed by atoms with Crippen molar-refractivity contribution in [2.75, 3.05) is 5.32 Å². The topological polar surface area (TPSA) is 29.1 Å². The smallest absolute Gasteiger partial charge is 0.150 e. The number of rotatable bonds is 4. The van der Waals surface area contributed by atoms with Gasteiger partial charge in [0.1, 0.15) is 6.29 Å². The third-order valence-corrected chi connectivity index (χ3v) is 2.96. The molecule has 0 aliphatic heterocycles. The summed E-state index contributed by atoms with van der Waals surface area (Å²) in [7, 11) is 0. The maximum absolute atomic E-state index is 10.6. The van der Waals surface area contributed by atoms with Crippen molar-refractivity contribution in [2.45, 2.75) is 6.54 Å². The van der Waals surface area contributed by atoms with Gasteiger partial charge in [0.05, 0.1) is 0 Å². The molecule has 0 bridgehead atoms. The summed E-state index contributed by atoms with van der Waals surface area (Å²) in [6.07, 6.45) is 0.864. The van der Waals surface area contributed by atoms with Gasteiger partial charge in [-0.1, -0.05) is 34.1 Å². The van der Waals surface area contributed by atoms with Crippen molar-refractivity contribution in [3.8, 4) is 0 Å². The van der Waals surface area contributed by atoms with Crippen LogP contribution in [-0.4, -0.2) is 6.29 Å². The first kappa shape index (κ1) is 11.9. The summed E-state index contributed by atoms with van der Waals surface area (Å²) in [5.74, 6) is 0. The van der Waals surface area contributed by atoms with Crippen molar-refractivity contribution in [3.05, 3.63) is 64.1 Å². The molecular weight excluding hydrogens is 278 g/mol. The highest BCUT2D eigenvalue weighted by atomic mass is 79.9. The van der Waals surface area contributed by atoms with Gasteiger partial charge in [0.15, 0.2) is 0 Å². The summed E-state index contributed by atoms with van der Waals surface area (Å²) >= 11 is 3.39. The lowest BCUT2D eigenvalue weighted by atomic mass is 10.1. The normalized spacial score (nSPS) is 9.94. The second-order valence-electron chi connectivity index (χ2n) is 3.72. The quantitative estimate of drug-likeness (QED) is 0.866. The average molecular weight is 290 g/mol. The van der Waals surface area contributed by atoms with E-state index in [-0.39, 0.29) is 0 Å². The SMILES string of the molecule is O=Cc1cccc(CNc2ccc(Br)cc2)c1. The van der Waals surface area contributed by atoms with Crippen LogP contribution in [0.25, 0.3) is 0 Å². The molecule has 0 fully saturated rings. The van der Waals surface area contributed by atoms with Gasteiger partial charge in [-0.05, 0) is 35.9 Å². The molecule has 0 atom stereocenters. The molecule has 0 aliphatic carbocycles. The molecule has 0 amide bonds. The lowest BCUT2D eigenvalue weighted by Gasteiger charge is -2.06. The average Bonchev–Trinajstić information content (AvgIpc) is 2.38. The summed E-state index contributed by atoms with van der Waals surface area (Å²) in [5.41, 5.74) is 2.86. The number of carbonyl (C=O) groups excluding carboxylic acids is 1. The fraction of sp³-hybridized carbons (Fsp3) is 0.0714. The van der Waals surface area contributed by atoms with Crippen LogP contribution in [0.3, 0.4) is 0 Å². The minimum absolute atomic E-state index is 0.708. The largest absolute Gasteiger partial charge is 0.381 e. The van der Waals surface area contributed by atoms with E-state index in [9.17, 15) is 4.79 Å². The Morgan fingerprint density at radius 1 is 1.12 bits per heavy atom. The van der Waals surface area contributed by atoms with Crippen LogP contribution >= 0.6 is 15.9 Å². The van der Waals surface area contributed by atoms with E-state index in [1.165, 1.54) is 0 Å². The summed E-state index contributed by atoms with van der Waals surface area (Å²) in [4.78, 5) is 10.6. The van der Waals surface area contributed by atoms with E-state index in [1.807, 2.05) is 42.5 Å². The lowest BCUT2D eigenvalue weighted by molar-refractivity contribution is 0.112. The summed E-state index contributed by atoms with van der Waals surface area (Å²) in [6.45, 7) is 0.712. The van der Waals surface area contributed by atoms with Crippen molar-refractivity contribution < 1.29 is 4.79 Å². The zero-order chi connectivity index (χ0) is 12.1. The monoisotopic (exact) mass is 289 g/mol. The van der Waals surface area contributed by atoms with Gasteiger partial charge in [-0.2, -0.15) is 0 Å². The minimum Gasteiger partial charge on any atom is -0.381 e. The molecule has 1 N–H and O–H groups in total. The molecule has 0 aliphatic rings. The van der Waals surface area contributed by atoms with Crippen molar-refractivity contribution in [3.63, 3.8) is 0 Å². The van der Waals surface area contributed by atoms with E-state index < -0.39 is 0 Å². The van der Waals surface area contributed by atoms with Crippen LogP contribution in [0.5, 0.6) is 0 Å². The molecule has 17 heavy (non-hydrogen) atoms. The van der Waals surface area contributed by atoms with Crippen molar-refractivity contribution in [1.82, 2.24) is 0 Å². The number of hydrogen-bond donors (Lipinski definition) is 1. The van der Waals surface area contributed by atoms with Crippen LogP contribution in [0.1, 0.15) is 15.9 Å². The number of halogens is 1. The van der Waals surface area contributed by atoms with Crippen LogP contribution in [0.4, 0.5) is 5.69 Å². The minimum atomic E-state index is 0.708. The molecule has 2 nitrogen and oxygen atoms in total. The second-order valence-corrected chi connectivity index (χ2v) is 4.64. The Kier molecular flexibility index (Phi) is 3.94. The van der Waals surface area contributed by atoms with Gasteiger partial charge in [-0.25, -0.2) is 0 Å². The van der Waals surface area contributed by atoms with E-state index >= 15 is 0 Å². The molecule has 3 heteroatoms. The first-order valence-corrected chi connectivity index (χ1v) is 6.11. The molecule has 2 rings (SSSR count). The van der Waals surface area contributed by atoms with Gasteiger partial charge in [0, 0.05) is 22.3 Å². The summed E-state index contributed by atoms with van der Waals surface area (Å²) in [5, 5.41) is 3.30. The standard InChI is InChI=1S/C14H12BrNO/c15-13-4-6-14(7-5-13)16-9-11-2-1-3-12(8-11)10-17/h1-8,10,16H,9H2. The molecule has 0 saturated heterocycles. The van der Waals surface area contributed by atoms with E-state index in [4.69, 9.17) is 0 Å². The highest BCUT2D eigenvalue weighted by Gasteiger charge is 1.96. The van der Waals surface area contributed by atoms with Crippen LogP contribution in [0.15, 0.2) is 53.0 Å². The first-order valence-electron chi connectivity index (χ1n) is 5.31. The molecule has 0 aromatic heterocycles. The first-order chi connectivity index (χ1) is 8.28. The van der Waals surface area contributed by atoms with Crippen molar-refractivity contribution in [1.29, 1.82) is 0 Å². The molecule has 0 radical (unpaired) electrons. The Bertz CT molecular complexity index is 508. The number of aldehydes is 1. The fourth-order valence-electron chi connectivity index (χ4n) is 1.55. The number of anilines is 1. The molecule has 0 saturated carbocycles. The number of hydrogen-bond acceptors (Lipinski definition) is 2. The van der Waals surface area contributed by atoms with E-state index in [2.05, 4.69) is 21.2 Å². The maximum Gasteiger partial charge on any atom is 0.150 e. The van der Waals surface area contributed by atoms with Crippen LogP contribution in [0, 0.1) is 0 Å². The molecule has 2 aromatic carbocycles. The summed E-state index contributed by atoms with van der Waals surface area (Å²) < 4.78 is 1.06. The second kappa shape index (κ2) is 5.64. The Labute approximate surface area is 109 Å². The zero-order valence-electron chi connectivity index (χ0n) is 9.19. The molecule has 86 valence electrons. The van der Waals surface area contributed by atoms with Crippen LogP contribution in [-0.2, 0) is 6.54 Å². The predicted molar refractivity (Wildman–Crippen MR) is 73.3 cm³/mol. The van der Waals surface area contributed by atoms with E-state index in [0.29, 0.717) is 12.1 Å². The third-order valence-electron chi connectivity index (χ3n) is 2.43. The number of benzene rings is 2. The van der Waals surface area contributed by atoms with Gasteiger partial charge in [0.2, 0.25) is 0 Å². The Balaban J connectivity index is 2.01. The predicted octanol–water partition coefficient (Wildman–Crippen LogP) is 3.87. The molecule has 0 spiro atoms. The third kappa shape index (κ3) is 3.43. The van der Waals surface area contributed by atoms with Crippen molar-refractivity contribution >= 4 is 27.9 Å². The Hall–Kier alpha value is -1.61. The molecule has 0 unspecified atom stereocenters.